The Kier molecular flexibility index (Phi) is 3.77. The standard InChI is InChI=1S/C5H10O4.H2O/c6-1-4-5(8)3(7)2-9-4;/h3-8H,1-2H2;1H2. The summed E-state index contributed by atoms with van der Waals surface area (Å²) in [5, 5.41) is 26.2. The fourth-order valence-electron chi connectivity index (χ4n) is 0.828. The summed E-state index contributed by atoms with van der Waals surface area (Å²) in [7, 11) is 0. The second-order valence-electron chi connectivity index (χ2n) is 2.11. The Bertz CT molecular complexity index is 96.0. The Morgan fingerprint density at radius 2 is 2.00 bits per heavy atom. The van der Waals surface area contributed by atoms with Crippen LogP contribution in [0.15, 0.2) is 0 Å². The third-order valence-corrected chi connectivity index (χ3v) is 1.44. The van der Waals surface area contributed by atoms with Crippen molar-refractivity contribution in [2.75, 3.05) is 13.2 Å². The van der Waals surface area contributed by atoms with E-state index in [1.807, 2.05) is 0 Å². The van der Waals surface area contributed by atoms with E-state index in [0.29, 0.717) is 0 Å². The maximum atomic E-state index is 8.92. The molecule has 0 spiro atoms. The Morgan fingerprint density at radius 3 is 2.20 bits per heavy atom. The Balaban J connectivity index is 0.000000810. The van der Waals surface area contributed by atoms with Gasteiger partial charge in [-0.05, 0) is 0 Å². The molecule has 1 rings (SSSR count). The van der Waals surface area contributed by atoms with Crippen molar-refractivity contribution in [1.29, 1.82) is 0 Å². The maximum Gasteiger partial charge on any atom is 0.110 e. The van der Waals surface area contributed by atoms with Gasteiger partial charge in [0.15, 0.2) is 0 Å². The van der Waals surface area contributed by atoms with Crippen LogP contribution in [0.4, 0.5) is 0 Å². The zero-order chi connectivity index (χ0) is 6.85. The van der Waals surface area contributed by atoms with Crippen molar-refractivity contribution in [3.63, 3.8) is 0 Å². The molecule has 0 aromatic rings. The molecule has 3 unspecified atom stereocenters. The summed E-state index contributed by atoms with van der Waals surface area (Å²) in [6, 6.07) is 0. The van der Waals surface area contributed by atoms with E-state index in [4.69, 9.17) is 20.1 Å². The summed E-state index contributed by atoms with van der Waals surface area (Å²) in [6.45, 7) is -0.120. The molecule has 5 nitrogen and oxygen atoms in total. The van der Waals surface area contributed by atoms with Gasteiger partial charge in [-0.15, -0.1) is 0 Å². The van der Waals surface area contributed by atoms with E-state index in [1.54, 1.807) is 0 Å². The summed E-state index contributed by atoms with van der Waals surface area (Å²) in [4.78, 5) is 0. The van der Waals surface area contributed by atoms with E-state index >= 15 is 0 Å². The lowest BCUT2D eigenvalue weighted by atomic mass is 10.2. The number of aliphatic hydroxyl groups is 3. The van der Waals surface area contributed by atoms with E-state index in [2.05, 4.69) is 0 Å². The molecule has 3 atom stereocenters. The molecule has 1 saturated heterocycles. The highest BCUT2D eigenvalue weighted by atomic mass is 16.5. The zero-order valence-electron chi connectivity index (χ0n) is 5.40. The summed E-state index contributed by atoms with van der Waals surface area (Å²) in [6.07, 6.45) is -2.35. The van der Waals surface area contributed by atoms with Gasteiger partial charge in [0.1, 0.15) is 18.3 Å². The summed E-state index contributed by atoms with van der Waals surface area (Å²) >= 11 is 0. The van der Waals surface area contributed by atoms with E-state index in [1.165, 1.54) is 0 Å². The lowest BCUT2D eigenvalue weighted by Crippen LogP contribution is -2.31. The monoisotopic (exact) mass is 152 g/mol. The van der Waals surface area contributed by atoms with Gasteiger partial charge in [-0.2, -0.15) is 0 Å². The van der Waals surface area contributed by atoms with Gasteiger partial charge >= 0.3 is 0 Å². The maximum absolute atomic E-state index is 8.92. The Hall–Kier alpha value is -0.200. The van der Waals surface area contributed by atoms with Gasteiger partial charge < -0.3 is 25.5 Å². The van der Waals surface area contributed by atoms with E-state index < -0.39 is 18.3 Å². The lowest BCUT2D eigenvalue weighted by Gasteiger charge is -2.10. The van der Waals surface area contributed by atoms with Crippen LogP contribution in [0.3, 0.4) is 0 Å². The molecule has 1 fully saturated rings. The fourth-order valence-corrected chi connectivity index (χ4v) is 0.828. The van der Waals surface area contributed by atoms with Crippen molar-refractivity contribution in [3.05, 3.63) is 0 Å². The normalized spacial score (nSPS) is 39.3. The van der Waals surface area contributed by atoms with Crippen molar-refractivity contribution in [3.8, 4) is 0 Å². The number of ether oxygens (including phenoxy) is 1. The highest BCUT2D eigenvalue weighted by Crippen LogP contribution is 2.12. The second-order valence-corrected chi connectivity index (χ2v) is 2.11. The molecule has 0 amide bonds. The summed E-state index contributed by atoms with van der Waals surface area (Å²) in [5.41, 5.74) is 0. The molecule has 10 heavy (non-hydrogen) atoms. The molecule has 0 aliphatic carbocycles. The fraction of sp³-hybridized carbons (Fsp3) is 1.00. The molecule has 0 radical (unpaired) electrons. The first-order valence-corrected chi connectivity index (χ1v) is 2.84. The predicted molar refractivity (Wildman–Crippen MR) is 32.5 cm³/mol. The van der Waals surface area contributed by atoms with Gasteiger partial charge in [-0.1, -0.05) is 0 Å². The number of hydrogen-bond acceptors (Lipinski definition) is 4. The van der Waals surface area contributed by atoms with Crippen LogP contribution in [0.25, 0.3) is 0 Å². The minimum absolute atomic E-state index is 0. The van der Waals surface area contributed by atoms with E-state index in [0.717, 1.165) is 0 Å². The van der Waals surface area contributed by atoms with Crippen molar-refractivity contribution >= 4 is 0 Å². The van der Waals surface area contributed by atoms with E-state index in [-0.39, 0.29) is 18.7 Å². The molecule has 0 bridgehead atoms. The van der Waals surface area contributed by atoms with Gasteiger partial charge in [-0.25, -0.2) is 0 Å². The SMILES string of the molecule is O.OCC1OCC(O)C1O. The van der Waals surface area contributed by atoms with Gasteiger partial charge in [0, 0.05) is 0 Å². The highest BCUT2D eigenvalue weighted by Gasteiger charge is 2.33. The van der Waals surface area contributed by atoms with Gasteiger partial charge in [0.05, 0.1) is 13.2 Å². The molecule has 1 heterocycles. The van der Waals surface area contributed by atoms with Crippen molar-refractivity contribution in [1.82, 2.24) is 0 Å². The third kappa shape index (κ3) is 1.65. The molecule has 0 saturated carbocycles. The first kappa shape index (κ1) is 9.80. The Labute approximate surface area is 58.2 Å². The minimum atomic E-state index is -0.921. The van der Waals surface area contributed by atoms with Crippen LogP contribution >= 0.6 is 0 Å². The molecule has 5 heteroatoms. The average Bonchev–Trinajstić information content (AvgIpc) is 2.15. The van der Waals surface area contributed by atoms with Crippen LogP contribution in [-0.4, -0.2) is 52.3 Å². The van der Waals surface area contributed by atoms with Gasteiger partial charge in [0.25, 0.3) is 0 Å². The topological polar surface area (TPSA) is 101 Å². The number of hydrogen-bond donors (Lipinski definition) is 3. The Morgan fingerprint density at radius 1 is 1.40 bits per heavy atom. The number of aliphatic hydroxyl groups excluding tert-OH is 3. The van der Waals surface area contributed by atoms with E-state index in [9.17, 15) is 0 Å². The van der Waals surface area contributed by atoms with Crippen molar-refractivity contribution < 1.29 is 25.5 Å². The molecule has 5 N–H and O–H groups in total. The molecule has 0 aromatic heterocycles. The smallest absolute Gasteiger partial charge is 0.110 e. The van der Waals surface area contributed by atoms with Crippen LogP contribution < -0.4 is 0 Å². The zero-order valence-corrected chi connectivity index (χ0v) is 5.40. The second kappa shape index (κ2) is 3.85. The first-order chi connectivity index (χ1) is 4.25. The molecular weight excluding hydrogens is 140 g/mol. The van der Waals surface area contributed by atoms with Gasteiger partial charge in [0.2, 0.25) is 0 Å². The molecule has 62 valence electrons. The molecule has 1 aliphatic rings. The highest BCUT2D eigenvalue weighted by molar-refractivity contribution is 4.81. The number of rotatable bonds is 1. The third-order valence-electron chi connectivity index (χ3n) is 1.44. The van der Waals surface area contributed by atoms with Crippen LogP contribution in [0.5, 0.6) is 0 Å². The molecule has 0 aromatic carbocycles. The first-order valence-electron chi connectivity index (χ1n) is 2.84. The van der Waals surface area contributed by atoms with Crippen LogP contribution in [0.2, 0.25) is 0 Å². The largest absolute Gasteiger partial charge is 0.412 e. The van der Waals surface area contributed by atoms with Crippen LogP contribution in [-0.2, 0) is 4.74 Å². The summed E-state index contributed by atoms with van der Waals surface area (Å²) < 4.78 is 4.78. The predicted octanol–water partition coefficient (Wildman–Crippen LogP) is -2.73. The molecule has 1 aliphatic heterocycles. The van der Waals surface area contributed by atoms with Crippen molar-refractivity contribution in [2.24, 2.45) is 0 Å². The van der Waals surface area contributed by atoms with Gasteiger partial charge in [-0.3, -0.25) is 0 Å². The van der Waals surface area contributed by atoms with Crippen LogP contribution in [0.1, 0.15) is 0 Å². The average molecular weight is 152 g/mol. The van der Waals surface area contributed by atoms with Crippen LogP contribution in [0, 0.1) is 0 Å². The quantitative estimate of drug-likeness (QED) is 0.379. The minimum Gasteiger partial charge on any atom is -0.412 e. The van der Waals surface area contributed by atoms with Crippen molar-refractivity contribution in [2.45, 2.75) is 18.3 Å². The lowest BCUT2D eigenvalue weighted by molar-refractivity contribution is -0.00588. The summed E-state index contributed by atoms with van der Waals surface area (Å²) in [5.74, 6) is 0. The molecular formula is C5H12O5.